The second kappa shape index (κ2) is 20.0. The number of nitrogens with one attached hydrogen (secondary N) is 1. The van der Waals surface area contributed by atoms with Crippen LogP contribution in [0.2, 0.25) is 0 Å². The van der Waals surface area contributed by atoms with Crippen molar-refractivity contribution in [3.8, 4) is 5.69 Å². The van der Waals surface area contributed by atoms with E-state index in [4.69, 9.17) is 15.6 Å². The Morgan fingerprint density at radius 3 is 2.35 bits per heavy atom. The zero-order valence-corrected chi connectivity index (χ0v) is 31.8. The van der Waals surface area contributed by atoms with Gasteiger partial charge in [0, 0.05) is 37.3 Å². The summed E-state index contributed by atoms with van der Waals surface area (Å²) in [6.45, 7) is 20.5. The number of ether oxygens (including phenoxy) is 1. The molecule has 52 heavy (non-hydrogen) atoms. The molecule has 12 heteroatoms. The van der Waals surface area contributed by atoms with Crippen LogP contribution in [-0.2, 0) is 21.6 Å². The van der Waals surface area contributed by atoms with E-state index in [1.54, 1.807) is 31.3 Å². The van der Waals surface area contributed by atoms with Crippen molar-refractivity contribution in [3.05, 3.63) is 112 Å². The molecule has 11 nitrogen and oxygen atoms in total. The van der Waals surface area contributed by atoms with Gasteiger partial charge in [-0.15, -0.1) is 0 Å². The van der Waals surface area contributed by atoms with Crippen LogP contribution in [0.3, 0.4) is 0 Å². The third kappa shape index (κ3) is 10.9. The zero-order chi connectivity index (χ0) is 39.2. The number of aliphatic hydroxyl groups is 1. The van der Waals surface area contributed by atoms with Crippen molar-refractivity contribution in [1.82, 2.24) is 19.7 Å². The second-order valence-corrected chi connectivity index (χ2v) is 12.6. The largest absolute Gasteiger partial charge is 0.395 e. The van der Waals surface area contributed by atoms with Crippen LogP contribution in [0.25, 0.3) is 22.0 Å². The molecule has 0 fully saturated rings. The molecule has 2 amide bonds. The Bertz CT molecular complexity index is 1930. The van der Waals surface area contributed by atoms with Gasteiger partial charge in [-0.3, -0.25) is 14.4 Å². The number of rotatable bonds is 12. The Kier molecular flexibility index (Phi) is 16.5. The van der Waals surface area contributed by atoms with E-state index in [0.29, 0.717) is 39.9 Å². The number of hydrogen-bond acceptors (Lipinski definition) is 8. The number of benzene rings is 2. The Balaban J connectivity index is 0.00000178. The molecule has 4 N–H and O–H groups in total. The van der Waals surface area contributed by atoms with Gasteiger partial charge in [0.2, 0.25) is 0 Å². The van der Waals surface area contributed by atoms with E-state index in [-0.39, 0.29) is 48.0 Å². The molecule has 0 bridgehead atoms. The number of aromatic nitrogens is 3. The molecule has 0 atom stereocenters. The van der Waals surface area contributed by atoms with Crippen molar-refractivity contribution in [2.75, 3.05) is 32.1 Å². The lowest BCUT2D eigenvalue weighted by Crippen LogP contribution is -2.29. The zero-order valence-electron chi connectivity index (χ0n) is 31.8. The summed E-state index contributed by atoms with van der Waals surface area (Å²) in [5, 5.41) is 16.7. The van der Waals surface area contributed by atoms with Crippen LogP contribution in [0, 0.1) is 5.82 Å². The lowest BCUT2D eigenvalue weighted by molar-refractivity contribution is -0.114. The fraction of sp³-hybridized carbons (Fsp3) is 0.375. The van der Waals surface area contributed by atoms with Gasteiger partial charge in [-0.1, -0.05) is 73.6 Å². The number of allylic oxidation sites excluding steroid dienone is 2. The number of likely N-dealkylation sites (N-methyl/N-ethyl adjacent to an activating group) is 1. The molecule has 2 aromatic carbocycles. The van der Waals surface area contributed by atoms with Crippen molar-refractivity contribution < 1.29 is 23.8 Å². The smallest absolute Gasteiger partial charge is 0.282 e. The molecule has 0 aliphatic rings. The SMILES string of the molecule is C=C(/C=C(/Nc1ccc(C(=O)N(C)CCO)cn1)C(N)=O)c1cccc(-n2ncc3cc(C(C)(C)C)cc(F)c3c2=O)c1COCC.CC.CCC. The lowest BCUT2D eigenvalue weighted by atomic mass is 9.86. The monoisotopic (exact) mass is 716 g/mol. The topological polar surface area (TPSA) is 153 Å². The lowest BCUT2D eigenvalue weighted by Gasteiger charge is -2.20. The van der Waals surface area contributed by atoms with E-state index in [2.05, 4.69) is 35.8 Å². The van der Waals surface area contributed by atoms with Gasteiger partial charge in [-0.2, -0.15) is 9.78 Å². The van der Waals surface area contributed by atoms with Crippen molar-refractivity contribution in [3.63, 3.8) is 0 Å². The Morgan fingerprint density at radius 2 is 1.79 bits per heavy atom. The predicted molar refractivity (Wildman–Crippen MR) is 207 cm³/mol. The second-order valence-electron chi connectivity index (χ2n) is 12.6. The predicted octanol–water partition coefficient (Wildman–Crippen LogP) is 6.76. The molecule has 2 heterocycles. The number of aliphatic hydroxyl groups excluding tert-OH is 1. The molecule has 0 aliphatic heterocycles. The summed E-state index contributed by atoms with van der Waals surface area (Å²) < 4.78 is 22.3. The summed E-state index contributed by atoms with van der Waals surface area (Å²) in [7, 11) is 1.56. The van der Waals surface area contributed by atoms with Gasteiger partial charge in [-0.05, 0) is 65.4 Å². The van der Waals surface area contributed by atoms with Gasteiger partial charge in [-0.25, -0.2) is 9.37 Å². The number of anilines is 1. The van der Waals surface area contributed by atoms with Crippen LogP contribution < -0.4 is 16.6 Å². The third-order valence-electron chi connectivity index (χ3n) is 7.52. The number of carbonyl (C=O) groups excluding carboxylic acids is 2. The number of primary amides is 1. The summed E-state index contributed by atoms with van der Waals surface area (Å²) in [5.74, 6) is -1.51. The van der Waals surface area contributed by atoms with Crippen LogP contribution >= 0.6 is 0 Å². The quantitative estimate of drug-likeness (QED) is 0.108. The Hall–Kier alpha value is -5.20. The number of fused-ring (bicyclic) bond motifs is 1. The average molecular weight is 717 g/mol. The van der Waals surface area contributed by atoms with Crippen LogP contribution in [0.1, 0.15) is 88.9 Å². The van der Waals surface area contributed by atoms with Gasteiger partial charge < -0.3 is 25.8 Å². The van der Waals surface area contributed by atoms with Gasteiger partial charge in [0.1, 0.15) is 17.3 Å². The van der Waals surface area contributed by atoms with Crippen molar-refractivity contribution >= 4 is 34.0 Å². The molecular weight excluding hydrogens is 663 g/mol. The average Bonchev–Trinajstić information content (AvgIpc) is 3.11. The standard InChI is InChI=1S/C35H39FN6O5.C3H8.C2H6/c1-7-47-20-26-25(21(2)15-28(32(37)44)40-30-12-11-22(18-38-30)33(45)41(6)13-14-43)9-8-10-29(26)42-34(46)31-23(19-39-42)16-24(17-27(31)36)35(3,4)5;1-3-2;1-2/h8-12,15-19,43H,2,7,13-14,20H2,1,3-6H3,(H2,37,44)(H,38,40);3H2,1-2H3;1-2H3/b28-15+;;. The van der Waals surface area contributed by atoms with Crippen LogP contribution in [-0.4, -0.2) is 63.4 Å². The van der Waals surface area contributed by atoms with E-state index < -0.39 is 17.3 Å². The third-order valence-corrected chi connectivity index (χ3v) is 7.52. The van der Waals surface area contributed by atoms with E-state index in [0.717, 1.165) is 10.2 Å². The summed E-state index contributed by atoms with van der Waals surface area (Å²) in [5.41, 5.74) is 7.52. The first kappa shape index (κ1) is 43.0. The van der Waals surface area contributed by atoms with Gasteiger partial charge in [0.25, 0.3) is 17.4 Å². The van der Waals surface area contributed by atoms with Crippen LogP contribution in [0.15, 0.2) is 78.0 Å². The Morgan fingerprint density at radius 1 is 1.12 bits per heavy atom. The minimum atomic E-state index is -0.796. The summed E-state index contributed by atoms with van der Waals surface area (Å²) in [4.78, 5) is 44.2. The molecule has 0 spiro atoms. The van der Waals surface area contributed by atoms with E-state index in [9.17, 15) is 14.4 Å². The number of nitrogens with two attached hydrogens (primary N) is 1. The van der Waals surface area contributed by atoms with Gasteiger partial charge >= 0.3 is 0 Å². The maximum absolute atomic E-state index is 15.4. The number of amides is 2. The molecule has 0 unspecified atom stereocenters. The van der Waals surface area contributed by atoms with E-state index >= 15 is 4.39 Å². The van der Waals surface area contributed by atoms with Gasteiger partial charge in [0.05, 0.1) is 36.0 Å². The molecule has 0 radical (unpaired) electrons. The molecule has 4 aromatic rings. The number of pyridine rings is 1. The number of carbonyl (C=O) groups is 2. The highest BCUT2D eigenvalue weighted by Crippen LogP contribution is 2.29. The normalized spacial score (nSPS) is 11.2. The molecule has 280 valence electrons. The minimum absolute atomic E-state index is 0.0375. The first-order valence-corrected chi connectivity index (χ1v) is 17.4. The molecule has 2 aromatic heterocycles. The fourth-order valence-corrected chi connectivity index (χ4v) is 4.89. The Labute approximate surface area is 306 Å². The molecule has 0 saturated heterocycles. The van der Waals surface area contributed by atoms with Crippen LogP contribution in [0.5, 0.6) is 0 Å². The van der Waals surface area contributed by atoms with Crippen LogP contribution in [0.4, 0.5) is 10.2 Å². The maximum Gasteiger partial charge on any atom is 0.282 e. The van der Waals surface area contributed by atoms with Gasteiger partial charge in [0.15, 0.2) is 0 Å². The fourth-order valence-electron chi connectivity index (χ4n) is 4.89. The molecular formula is C40H53FN6O5. The van der Waals surface area contributed by atoms with Crippen molar-refractivity contribution in [2.24, 2.45) is 5.73 Å². The highest BCUT2D eigenvalue weighted by atomic mass is 19.1. The maximum atomic E-state index is 15.4. The highest BCUT2D eigenvalue weighted by molar-refractivity contribution is 5.98. The number of nitrogens with zero attached hydrogens (tertiary/aromatic N) is 4. The summed E-state index contributed by atoms with van der Waals surface area (Å²) >= 11 is 0. The first-order valence-electron chi connectivity index (χ1n) is 17.4. The van der Waals surface area contributed by atoms with E-state index in [1.165, 1.54) is 48.0 Å². The highest BCUT2D eigenvalue weighted by Gasteiger charge is 2.21. The molecule has 0 aliphatic carbocycles. The first-order chi connectivity index (χ1) is 24.7. The van der Waals surface area contributed by atoms with Crippen molar-refractivity contribution in [1.29, 1.82) is 0 Å². The van der Waals surface area contributed by atoms with E-state index in [1.807, 2.05) is 41.5 Å². The minimum Gasteiger partial charge on any atom is -0.395 e. The molecule has 0 saturated carbocycles. The summed E-state index contributed by atoms with van der Waals surface area (Å²) in [6, 6.07) is 11.3. The number of halogens is 1. The number of hydrogen-bond donors (Lipinski definition) is 3. The summed E-state index contributed by atoms with van der Waals surface area (Å²) in [6.07, 6.45) is 5.50. The molecule has 4 rings (SSSR count). The van der Waals surface area contributed by atoms with Crippen molar-refractivity contribution in [2.45, 2.75) is 73.8 Å².